The molecule has 1 aliphatic rings. The molecule has 1 saturated heterocycles. The summed E-state index contributed by atoms with van der Waals surface area (Å²) < 4.78 is 1.98. The predicted molar refractivity (Wildman–Crippen MR) is 81.0 cm³/mol. The largest absolute Gasteiger partial charge is 0.508 e. The molecule has 2 heterocycles. The maximum absolute atomic E-state index is 9.64. The van der Waals surface area contributed by atoms with Gasteiger partial charge < -0.3 is 9.67 Å². The van der Waals surface area contributed by atoms with Crippen LogP contribution in [-0.4, -0.2) is 32.6 Å². The minimum absolute atomic E-state index is 0.251. The summed E-state index contributed by atoms with van der Waals surface area (Å²) in [5.41, 5.74) is 1.73. The van der Waals surface area contributed by atoms with E-state index in [0.29, 0.717) is 5.28 Å². The molecule has 4 nitrogen and oxygen atoms in total. The van der Waals surface area contributed by atoms with Crippen LogP contribution >= 0.6 is 11.6 Å². The van der Waals surface area contributed by atoms with Gasteiger partial charge in [0.1, 0.15) is 5.75 Å². The molecule has 1 fully saturated rings. The molecule has 108 valence electrons. The van der Waals surface area contributed by atoms with E-state index in [1.54, 1.807) is 18.2 Å². The Hall–Kier alpha value is -1.26. The number of aromatic hydroxyl groups is 1. The molecular formula is C15H20ClN3O. The lowest BCUT2D eigenvalue weighted by Crippen LogP contribution is -2.24. The number of aromatic nitrogens is 2. The second-order valence-electron chi connectivity index (χ2n) is 5.64. The minimum atomic E-state index is 0.251. The lowest BCUT2D eigenvalue weighted by Gasteiger charge is -2.17. The molecule has 2 aromatic rings. The first-order valence-corrected chi connectivity index (χ1v) is 7.62. The van der Waals surface area contributed by atoms with E-state index in [2.05, 4.69) is 16.8 Å². The van der Waals surface area contributed by atoms with Crippen LogP contribution in [0.25, 0.3) is 11.0 Å². The lowest BCUT2D eigenvalue weighted by atomic mass is 10.0. The van der Waals surface area contributed by atoms with E-state index in [4.69, 9.17) is 11.6 Å². The number of likely N-dealkylation sites (tertiary alicyclic amines) is 1. The fourth-order valence-electron chi connectivity index (χ4n) is 3.10. The van der Waals surface area contributed by atoms with Gasteiger partial charge in [-0.1, -0.05) is 13.3 Å². The van der Waals surface area contributed by atoms with Crippen molar-refractivity contribution >= 4 is 22.6 Å². The molecule has 1 unspecified atom stereocenters. The Balaban J connectivity index is 1.81. The van der Waals surface area contributed by atoms with Crippen LogP contribution in [0.15, 0.2) is 18.2 Å². The van der Waals surface area contributed by atoms with Gasteiger partial charge in [-0.25, -0.2) is 4.98 Å². The molecule has 1 atom stereocenters. The first kappa shape index (κ1) is 13.7. The average Bonchev–Trinajstić information content (AvgIpc) is 2.97. The Kier molecular flexibility index (Phi) is 3.85. The van der Waals surface area contributed by atoms with Crippen molar-refractivity contribution in [1.82, 2.24) is 14.5 Å². The molecule has 0 saturated carbocycles. The molecule has 5 heteroatoms. The third-order valence-electron chi connectivity index (χ3n) is 4.09. The number of nitrogens with zero attached hydrogens (tertiary/aromatic N) is 3. The highest BCUT2D eigenvalue weighted by atomic mass is 35.5. The minimum Gasteiger partial charge on any atom is -0.508 e. The summed E-state index contributed by atoms with van der Waals surface area (Å²) in [5, 5.41) is 10.1. The number of rotatable bonds is 4. The van der Waals surface area contributed by atoms with E-state index in [0.717, 1.165) is 36.7 Å². The van der Waals surface area contributed by atoms with Crippen LogP contribution in [0.5, 0.6) is 5.75 Å². The summed E-state index contributed by atoms with van der Waals surface area (Å²) in [4.78, 5) is 6.76. The smallest absolute Gasteiger partial charge is 0.204 e. The molecule has 0 radical (unpaired) electrons. The van der Waals surface area contributed by atoms with Crippen LogP contribution in [0.2, 0.25) is 5.28 Å². The highest BCUT2D eigenvalue weighted by molar-refractivity contribution is 6.29. The predicted octanol–water partition coefficient (Wildman–Crippen LogP) is 3.47. The van der Waals surface area contributed by atoms with Crippen molar-refractivity contribution in [1.29, 1.82) is 0 Å². The summed E-state index contributed by atoms with van der Waals surface area (Å²) in [5.74, 6) is 1.06. The van der Waals surface area contributed by atoms with Gasteiger partial charge in [0, 0.05) is 19.2 Å². The monoisotopic (exact) mass is 293 g/mol. The zero-order valence-electron chi connectivity index (χ0n) is 11.7. The van der Waals surface area contributed by atoms with Gasteiger partial charge in [0.25, 0.3) is 0 Å². The SMILES string of the molecule is CCCC1CCN(Cn2c(Cl)nc3ccc(O)cc32)C1. The van der Waals surface area contributed by atoms with Crippen molar-refractivity contribution in [3.05, 3.63) is 23.5 Å². The number of hydrogen-bond acceptors (Lipinski definition) is 3. The first-order chi connectivity index (χ1) is 9.67. The molecule has 0 aliphatic carbocycles. The second kappa shape index (κ2) is 5.62. The van der Waals surface area contributed by atoms with Crippen molar-refractivity contribution in [2.75, 3.05) is 13.1 Å². The van der Waals surface area contributed by atoms with Crippen molar-refractivity contribution in [2.24, 2.45) is 5.92 Å². The highest BCUT2D eigenvalue weighted by Crippen LogP contribution is 2.26. The van der Waals surface area contributed by atoms with E-state index in [-0.39, 0.29) is 5.75 Å². The number of phenolic OH excluding ortho intramolecular Hbond substituents is 1. The van der Waals surface area contributed by atoms with Crippen molar-refractivity contribution in [2.45, 2.75) is 32.9 Å². The quantitative estimate of drug-likeness (QED) is 0.938. The molecule has 3 rings (SSSR count). The third kappa shape index (κ3) is 2.63. The number of benzene rings is 1. The zero-order chi connectivity index (χ0) is 14.1. The topological polar surface area (TPSA) is 41.3 Å². The van der Waals surface area contributed by atoms with Crippen LogP contribution in [0.4, 0.5) is 0 Å². The number of halogens is 1. The second-order valence-corrected chi connectivity index (χ2v) is 5.98. The Labute approximate surface area is 124 Å². The lowest BCUT2D eigenvalue weighted by molar-refractivity contribution is 0.261. The Morgan fingerprint density at radius 1 is 1.45 bits per heavy atom. The van der Waals surface area contributed by atoms with Gasteiger partial charge in [-0.2, -0.15) is 0 Å². The normalized spacial score (nSPS) is 20.0. The fourth-order valence-corrected chi connectivity index (χ4v) is 3.34. The van der Waals surface area contributed by atoms with Gasteiger partial charge in [-0.05, 0) is 42.5 Å². The number of fused-ring (bicyclic) bond motifs is 1. The molecule has 0 amide bonds. The van der Waals surface area contributed by atoms with Crippen LogP contribution in [-0.2, 0) is 6.67 Å². The third-order valence-corrected chi connectivity index (χ3v) is 4.38. The van der Waals surface area contributed by atoms with Crippen LogP contribution in [0.3, 0.4) is 0 Å². The molecule has 0 bridgehead atoms. The van der Waals surface area contributed by atoms with Gasteiger partial charge in [0.2, 0.25) is 5.28 Å². The Bertz CT molecular complexity index is 610. The van der Waals surface area contributed by atoms with Crippen molar-refractivity contribution in [3.63, 3.8) is 0 Å². The molecular weight excluding hydrogens is 274 g/mol. The Morgan fingerprint density at radius 2 is 2.30 bits per heavy atom. The maximum Gasteiger partial charge on any atom is 0.204 e. The molecule has 1 N–H and O–H groups in total. The van der Waals surface area contributed by atoms with E-state index < -0.39 is 0 Å². The fraction of sp³-hybridized carbons (Fsp3) is 0.533. The number of imidazole rings is 1. The first-order valence-electron chi connectivity index (χ1n) is 7.24. The van der Waals surface area contributed by atoms with E-state index >= 15 is 0 Å². The Morgan fingerprint density at radius 3 is 3.10 bits per heavy atom. The van der Waals surface area contributed by atoms with Crippen molar-refractivity contribution < 1.29 is 5.11 Å². The van der Waals surface area contributed by atoms with Gasteiger partial charge in [0.05, 0.1) is 17.7 Å². The molecule has 20 heavy (non-hydrogen) atoms. The standard InChI is InChI=1S/C15H20ClN3O/c1-2-3-11-6-7-18(9-11)10-19-14-8-12(20)4-5-13(14)17-15(19)16/h4-5,8,11,20H,2-3,6-7,9-10H2,1H3. The van der Waals surface area contributed by atoms with E-state index in [1.807, 2.05) is 4.57 Å². The van der Waals surface area contributed by atoms with Gasteiger partial charge in [-0.15, -0.1) is 0 Å². The zero-order valence-corrected chi connectivity index (χ0v) is 12.5. The highest BCUT2D eigenvalue weighted by Gasteiger charge is 2.23. The summed E-state index contributed by atoms with van der Waals surface area (Å²) in [7, 11) is 0. The summed E-state index contributed by atoms with van der Waals surface area (Å²) >= 11 is 6.24. The maximum atomic E-state index is 9.64. The average molecular weight is 294 g/mol. The van der Waals surface area contributed by atoms with Gasteiger partial charge in [-0.3, -0.25) is 4.90 Å². The number of phenols is 1. The molecule has 0 spiro atoms. The molecule has 1 aromatic heterocycles. The molecule has 1 aromatic carbocycles. The summed E-state index contributed by atoms with van der Waals surface area (Å²) in [6.07, 6.45) is 3.82. The number of hydrogen-bond donors (Lipinski definition) is 1. The van der Waals surface area contributed by atoms with Crippen LogP contribution in [0, 0.1) is 5.92 Å². The van der Waals surface area contributed by atoms with Gasteiger partial charge in [0.15, 0.2) is 0 Å². The van der Waals surface area contributed by atoms with E-state index in [9.17, 15) is 5.11 Å². The van der Waals surface area contributed by atoms with E-state index in [1.165, 1.54) is 19.3 Å². The summed E-state index contributed by atoms with van der Waals surface area (Å²) in [6, 6.07) is 5.17. The van der Waals surface area contributed by atoms with Crippen molar-refractivity contribution in [3.8, 4) is 5.75 Å². The summed E-state index contributed by atoms with van der Waals surface area (Å²) in [6.45, 7) is 5.23. The van der Waals surface area contributed by atoms with Gasteiger partial charge >= 0.3 is 0 Å². The van der Waals surface area contributed by atoms with Crippen LogP contribution in [0.1, 0.15) is 26.2 Å². The van der Waals surface area contributed by atoms with Crippen LogP contribution < -0.4 is 0 Å². The molecule has 1 aliphatic heterocycles.